The first-order chi connectivity index (χ1) is 7.63. The lowest BCUT2D eigenvalue weighted by atomic mass is 10.00. The van der Waals surface area contributed by atoms with E-state index in [0.29, 0.717) is 18.4 Å². The fraction of sp³-hybridized carbons (Fsp3) is 0.917. The topological polar surface area (TPSA) is 49.8 Å². The van der Waals surface area contributed by atoms with Crippen molar-refractivity contribution in [2.75, 3.05) is 19.7 Å². The van der Waals surface area contributed by atoms with Gasteiger partial charge in [-0.2, -0.15) is 0 Å². The maximum Gasteiger partial charge on any atom is 0.323 e. The van der Waals surface area contributed by atoms with E-state index in [1.165, 1.54) is 0 Å². The number of likely N-dealkylation sites (tertiary alicyclic amines) is 1. The van der Waals surface area contributed by atoms with Gasteiger partial charge in [0.25, 0.3) is 0 Å². The fourth-order valence-corrected chi connectivity index (χ4v) is 3.00. The van der Waals surface area contributed by atoms with Crippen LogP contribution in [-0.2, 0) is 9.53 Å². The number of aliphatic hydroxyl groups is 1. The molecule has 2 aliphatic rings. The Hall–Kier alpha value is -0.610. The number of nitrogens with zero attached hydrogens (tertiary/aromatic N) is 1. The molecule has 0 aromatic heterocycles. The molecule has 0 radical (unpaired) electrons. The molecule has 1 aliphatic carbocycles. The third-order valence-corrected chi connectivity index (χ3v) is 4.02. The molecular weight excluding hydrogens is 206 g/mol. The van der Waals surface area contributed by atoms with Crippen LogP contribution in [0.25, 0.3) is 0 Å². The van der Waals surface area contributed by atoms with Crippen LogP contribution in [0.3, 0.4) is 0 Å². The molecule has 1 saturated heterocycles. The number of hydrogen-bond acceptors (Lipinski definition) is 4. The number of esters is 1. The normalized spacial score (nSPS) is 36.1. The van der Waals surface area contributed by atoms with Gasteiger partial charge < -0.3 is 9.84 Å². The number of carbonyl (C=O) groups is 1. The molecule has 4 unspecified atom stereocenters. The van der Waals surface area contributed by atoms with Gasteiger partial charge in [0.05, 0.1) is 12.7 Å². The number of fused-ring (bicyclic) bond motifs is 1. The molecule has 16 heavy (non-hydrogen) atoms. The molecule has 0 spiro atoms. The van der Waals surface area contributed by atoms with E-state index in [2.05, 4.69) is 4.90 Å². The van der Waals surface area contributed by atoms with Crippen LogP contribution in [0.1, 0.15) is 26.7 Å². The highest BCUT2D eigenvalue weighted by Gasteiger charge is 2.44. The summed E-state index contributed by atoms with van der Waals surface area (Å²) in [4.78, 5) is 13.8. The Kier molecular flexibility index (Phi) is 3.50. The second-order valence-electron chi connectivity index (χ2n) is 4.95. The summed E-state index contributed by atoms with van der Waals surface area (Å²) in [5.74, 6) is 0.806. The van der Waals surface area contributed by atoms with Crippen molar-refractivity contribution in [3.63, 3.8) is 0 Å². The number of hydrogen-bond donors (Lipinski definition) is 1. The summed E-state index contributed by atoms with van der Waals surface area (Å²) in [6, 6.07) is -0.169. The molecule has 4 heteroatoms. The zero-order chi connectivity index (χ0) is 11.7. The molecule has 1 heterocycles. The van der Waals surface area contributed by atoms with Crippen molar-refractivity contribution in [2.45, 2.75) is 38.8 Å². The Balaban J connectivity index is 1.91. The third-order valence-electron chi connectivity index (χ3n) is 4.02. The summed E-state index contributed by atoms with van der Waals surface area (Å²) in [5.41, 5.74) is 0. The first-order valence-electron chi connectivity index (χ1n) is 6.22. The van der Waals surface area contributed by atoms with Gasteiger partial charge >= 0.3 is 5.97 Å². The first kappa shape index (κ1) is 11.9. The molecule has 1 aliphatic heterocycles. The van der Waals surface area contributed by atoms with Crippen LogP contribution >= 0.6 is 0 Å². The van der Waals surface area contributed by atoms with Gasteiger partial charge in [-0.15, -0.1) is 0 Å². The molecule has 1 N–H and O–H groups in total. The monoisotopic (exact) mass is 227 g/mol. The quantitative estimate of drug-likeness (QED) is 0.719. The van der Waals surface area contributed by atoms with Crippen LogP contribution in [0.2, 0.25) is 0 Å². The van der Waals surface area contributed by atoms with Crippen molar-refractivity contribution in [3.8, 4) is 0 Å². The standard InChI is InChI=1S/C12H21NO3/c1-3-16-12(15)8(2)13-6-9-4-5-11(14)10(9)7-13/h8-11,14H,3-7H2,1-2H3. The van der Waals surface area contributed by atoms with Crippen molar-refractivity contribution in [1.29, 1.82) is 0 Å². The average Bonchev–Trinajstić information content (AvgIpc) is 2.81. The van der Waals surface area contributed by atoms with Crippen LogP contribution in [-0.4, -0.2) is 47.8 Å². The minimum atomic E-state index is -0.169. The molecule has 0 aromatic rings. The van der Waals surface area contributed by atoms with E-state index >= 15 is 0 Å². The molecule has 4 atom stereocenters. The fourth-order valence-electron chi connectivity index (χ4n) is 3.00. The molecule has 2 rings (SSSR count). The molecule has 0 bridgehead atoms. The van der Waals surface area contributed by atoms with Crippen molar-refractivity contribution in [2.24, 2.45) is 11.8 Å². The Morgan fingerprint density at radius 2 is 2.25 bits per heavy atom. The molecule has 1 saturated carbocycles. The number of aliphatic hydroxyl groups excluding tert-OH is 1. The van der Waals surface area contributed by atoms with Crippen molar-refractivity contribution >= 4 is 5.97 Å². The smallest absolute Gasteiger partial charge is 0.323 e. The van der Waals surface area contributed by atoms with Gasteiger partial charge in [0, 0.05) is 19.0 Å². The summed E-state index contributed by atoms with van der Waals surface area (Å²) in [6.07, 6.45) is 1.86. The number of ether oxygens (including phenoxy) is 1. The Labute approximate surface area is 96.6 Å². The first-order valence-corrected chi connectivity index (χ1v) is 6.22. The zero-order valence-corrected chi connectivity index (χ0v) is 10.1. The average molecular weight is 227 g/mol. The second-order valence-corrected chi connectivity index (χ2v) is 4.95. The van der Waals surface area contributed by atoms with Crippen molar-refractivity contribution in [1.82, 2.24) is 4.90 Å². The number of carbonyl (C=O) groups excluding carboxylic acids is 1. The highest BCUT2D eigenvalue weighted by molar-refractivity contribution is 5.75. The lowest BCUT2D eigenvalue weighted by molar-refractivity contribution is -0.148. The lowest BCUT2D eigenvalue weighted by Crippen LogP contribution is -2.39. The van der Waals surface area contributed by atoms with Gasteiger partial charge in [-0.25, -0.2) is 0 Å². The number of rotatable bonds is 3. The minimum absolute atomic E-state index is 0.142. The van der Waals surface area contributed by atoms with E-state index in [-0.39, 0.29) is 18.1 Å². The highest BCUT2D eigenvalue weighted by atomic mass is 16.5. The van der Waals surface area contributed by atoms with Crippen LogP contribution in [0, 0.1) is 11.8 Å². The molecule has 4 nitrogen and oxygen atoms in total. The molecule has 0 aromatic carbocycles. The maximum absolute atomic E-state index is 11.6. The highest BCUT2D eigenvalue weighted by Crippen LogP contribution is 2.38. The minimum Gasteiger partial charge on any atom is -0.465 e. The Morgan fingerprint density at radius 3 is 2.88 bits per heavy atom. The maximum atomic E-state index is 11.6. The van der Waals surface area contributed by atoms with E-state index in [9.17, 15) is 9.90 Å². The molecule has 2 fully saturated rings. The predicted octanol–water partition coefficient (Wildman–Crippen LogP) is 0.641. The van der Waals surface area contributed by atoms with E-state index in [4.69, 9.17) is 4.74 Å². The lowest BCUT2D eigenvalue weighted by Gasteiger charge is -2.23. The Bertz CT molecular complexity index is 269. The van der Waals surface area contributed by atoms with Crippen molar-refractivity contribution < 1.29 is 14.6 Å². The zero-order valence-electron chi connectivity index (χ0n) is 10.1. The van der Waals surface area contributed by atoms with E-state index in [1.807, 2.05) is 13.8 Å². The molecular formula is C12H21NO3. The van der Waals surface area contributed by atoms with Gasteiger partial charge in [-0.05, 0) is 32.6 Å². The van der Waals surface area contributed by atoms with Gasteiger partial charge in [0.15, 0.2) is 0 Å². The van der Waals surface area contributed by atoms with Gasteiger partial charge in [0.1, 0.15) is 6.04 Å². The van der Waals surface area contributed by atoms with Crippen LogP contribution < -0.4 is 0 Å². The molecule has 92 valence electrons. The summed E-state index contributed by atoms with van der Waals surface area (Å²) in [5, 5.41) is 9.80. The third kappa shape index (κ3) is 2.09. The van der Waals surface area contributed by atoms with E-state index in [1.54, 1.807) is 0 Å². The largest absolute Gasteiger partial charge is 0.465 e. The van der Waals surface area contributed by atoms with E-state index in [0.717, 1.165) is 25.9 Å². The van der Waals surface area contributed by atoms with E-state index < -0.39 is 0 Å². The predicted molar refractivity (Wildman–Crippen MR) is 59.9 cm³/mol. The SMILES string of the molecule is CCOC(=O)C(C)N1CC2CCC(O)C2C1. The summed E-state index contributed by atoms with van der Waals surface area (Å²) in [6.45, 7) is 5.93. The summed E-state index contributed by atoms with van der Waals surface area (Å²) >= 11 is 0. The van der Waals surface area contributed by atoms with Crippen LogP contribution in [0.15, 0.2) is 0 Å². The van der Waals surface area contributed by atoms with Crippen molar-refractivity contribution in [3.05, 3.63) is 0 Å². The molecule has 0 amide bonds. The summed E-state index contributed by atoms with van der Waals surface area (Å²) < 4.78 is 5.02. The Morgan fingerprint density at radius 1 is 1.50 bits per heavy atom. The summed E-state index contributed by atoms with van der Waals surface area (Å²) in [7, 11) is 0. The van der Waals surface area contributed by atoms with Gasteiger partial charge in [0.2, 0.25) is 0 Å². The van der Waals surface area contributed by atoms with Crippen LogP contribution in [0.4, 0.5) is 0 Å². The van der Waals surface area contributed by atoms with Crippen LogP contribution in [0.5, 0.6) is 0 Å². The van der Waals surface area contributed by atoms with Gasteiger partial charge in [-0.3, -0.25) is 9.69 Å². The second kappa shape index (κ2) is 4.72. The van der Waals surface area contributed by atoms with Gasteiger partial charge in [-0.1, -0.05) is 0 Å².